The molecule has 26 heavy (non-hydrogen) atoms. The predicted molar refractivity (Wildman–Crippen MR) is 105 cm³/mol. The van der Waals surface area contributed by atoms with Crippen LogP contribution in [0.15, 0.2) is 18.2 Å². The van der Waals surface area contributed by atoms with Crippen LogP contribution in [-0.4, -0.2) is 74.2 Å². The fourth-order valence-electron chi connectivity index (χ4n) is 3.88. The van der Waals surface area contributed by atoms with E-state index in [2.05, 4.69) is 35.0 Å². The van der Waals surface area contributed by atoms with Gasteiger partial charge in [0.05, 0.1) is 13.2 Å². The lowest BCUT2D eigenvalue weighted by Crippen LogP contribution is -2.49. The molecule has 144 valence electrons. The summed E-state index contributed by atoms with van der Waals surface area (Å²) >= 11 is 0. The Bertz CT molecular complexity index is 593. The lowest BCUT2D eigenvalue weighted by atomic mass is 10.0. The molecule has 1 unspecified atom stereocenters. The zero-order valence-corrected chi connectivity index (χ0v) is 16.3. The first-order valence-corrected chi connectivity index (χ1v) is 10.0. The monoisotopic (exact) mass is 359 g/mol. The summed E-state index contributed by atoms with van der Waals surface area (Å²) in [5.41, 5.74) is 3.25. The number of hydrogen-bond acceptors (Lipinski definition) is 4. The van der Waals surface area contributed by atoms with Crippen molar-refractivity contribution in [2.45, 2.75) is 39.2 Å². The molecule has 0 spiro atoms. The average Bonchev–Trinajstić information content (AvgIpc) is 2.68. The minimum absolute atomic E-state index is 0.184. The maximum atomic E-state index is 13.3. The largest absolute Gasteiger partial charge is 0.379 e. The van der Waals surface area contributed by atoms with E-state index in [1.165, 1.54) is 11.1 Å². The fourth-order valence-corrected chi connectivity index (χ4v) is 3.88. The molecule has 2 fully saturated rings. The van der Waals surface area contributed by atoms with Gasteiger partial charge < -0.3 is 15.0 Å². The van der Waals surface area contributed by atoms with E-state index >= 15 is 0 Å². The second-order valence-electron chi connectivity index (χ2n) is 7.61. The van der Waals surface area contributed by atoms with Gasteiger partial charge in [-0.2, -0.15) is 0 Å². The van der Waals surface area contributed by atoms with Crippen LogP contribution in [-0.2, 0) is 4.74 Å². The molecule has 1 atom stereocenters. The molecule has 1 aromatic rings. The van der Waals surface area contributed by atoms with Gasteiger partial charge in [-0.25, -0.2) is 0 Å². The van der Waals surface area contributed by atoms with E-state index in [0.717, 1.165) is 77.3 Å². The SMILES string of the molecule is Cc1ccc(C(=O)N(CCCN2CCOCC2)C2CCCNC2)cc1C. The number of piperidine rings is 1. The van der Waals surface area contributed by atoms with E-state index < -0.39 is 0 Å². The Morgan fingerprint density at radius 1 is 1.27 bits per heavy atom. The Morgan fingerprint density at radius 3 is 2.77 bits per heavy atom. The van der Waals surface area contributed by atoms with Crippen LogP contribution < -0.4 is 5.32 Å². The van der Waals surface area contributed by atoms with E-state index in [4.69, 9.17) is 4.74 Å². The van der Waals surface area contributed by atoms with Gasteiger partial charge in [0, 0.05) is 44.3 Å². The van der Waals surface area contributed by atoms with Crippen molar-refractivity contribution in [3.8, 4) is 0 Å². The van der Waals surface area contributed by atoms with Crippen LogP contribution in [0.25, 0.3) is 0 Å². The number of aryl methyl sites for hydroxylation is 2. The number of carbonyl (C=O) groups is 1. The third kappa shape index (κ3) is 5.06. The first-order chi connectivity index (χ1) is 12.6. The molecule has 5 nitrogen and oxygen atoms in total. The molecule has 0 saturated carbocycles. The highest BCUT2D eigenvalue weighted by atomic mass is 16.5. The maximum Gasteiger partial charge on any atom is 0.254 e. The van der Waals surface area contributed by atoms with E-state index in [1.54, 1.807) is 0 Å². The number of nitrogens with zero attached hydrogens (tertiary/aromatic N) is 2. The molecule has 1 amide bonds. The van der Waals surface area contributed by atoms with Crippen LogP contribution in [0.4, 0.5) is 0 Å². The Morgan fingerprint density at radius 2 is 2.08 bits per heavy atom. The molecule has 0 aliphatic carbocycles. The van der Waals surface area contributed by atoms with Crippen LogP contribution in [0.3, 0.4) is 0 Å². The predicted octanol–water partition coefficient (Wildman–Crippen LogP) is 2.22. The molecule has 0 bridgehead atoms. The second-order valence-corrected chi connectivity index (χ2v) is 7.61. The summed E-state index contributed by atoms with van der Waals surface area (Å²) < 4.78 is 5.42. The van der Waals surface area contributed by atoms with Gasteiger partial charge in [0.25, 0.3) is 5.91 Å². The first kappa shape index (κ1) is 19.3. The number of morpholine rings is 1. The average molecular weight is 360 g/mol. The minimum atomic E-state index is 0.184. The zero-order valence-electron chi connectivity index (χ0n) is 16.3. The van der Waals surface area contributed by atoms with Gasteiger partial charge in [-0.05, 0) is 62.9 Å². The van der Waals surface area contributed by atoms with Crippen molar-refractivity contribution in [2.24, 2.45) is 0 Å². The van der Waals surface area contributed by atoms with Crippen LogP contribution in [0.5, 0.6) is 0 Å². The summed E-state index contributed by atoms with van der Waals surface area (Å²) in [5.74, 6) is 0.184. The number of carbonyl (C=O) groups excluding carboxylic acids is 1. The van der Waals surface area contributed by atoms with Crippen molar-refractivity contribution in [1.29, 1.82) is 0 Å². The molecule has 0 aromatic heterocycles. The smallest absolute Gasteiger partial charge is 0.254 e. The number of nitrogens with one attached hydrogen (secondary N) is 1. The van der Waals surface area contributed by atoms with E-state index in [0.29, 0.717) is 6.04 Å². The molecule has 2 aliphatic rings. The third-order valence-electron chi connectivity index (χ3n) is 5.70. The van der Waals surface area contributed by atoms with Crippen molar-refractivity contribution in [2.75, 3.05) is 52.5 Å². The van der Waals surface area contributed by atoms with Crippen molar-refractivity contribution in [3.63, 3.8) is 0 Å². The fraction of sp³-hybridized carbons (Fsp3) is 0.667. The Balaban J connectivity index is 1.65. The molecular formula is C21H33N3O2. The molecule has 5 heteroatoms. The second kappa shape index (κ2) is 9.49. The lowest BCUT2D eigenvalue weighted by Gasteiger charge is -2.36. The van der Waals surface area contributed by atoms with Crippen molar-refractivity contribution in [3.05, 3.63) is 34.9 Å². The maximum absolute atomic E-state index is 13.3. The molecule has 2 aliphatic heterocycles. The van der Waals surface area contributed by atoms with E-state index in [-0.39, 0.29) is 5.91 Å². The van der Waals surface area contributed by atoms with E-state index in [1.807, 2.05) is 12.1 Å². The molecule has 3 rings (SSSR count). The molecule has 2 heterocycles. The summed E-state index contributed by atoms with van der Waals surface area (Å²) in [6.45, 7) is 11.7. The first-order valence-electron chi connectivity index (χ1n) is 10.0. The Kier molecular flexibility index (Phi) is 7.06. The standard InChI is InChI=1S/C21H33N3O2/c1-17-6-7-19(15-18(17)2)21(25)24(20-5-3-8-22-16-20)10-4-9-23-11-13-26-14-12-23/h6-7,15,20,22H,3-5,8-14,16H2,1-2H3. The quantitative estimate of drug-likeness (QED) is 0.846. The van der Waals surface area contributed by atoms with Crippen LogP contribution >= 0.6 is 0 Å². The normalized spacial score (nSPS) is 21.5. The Labute approximate surface area is 157 Å². The van der Waals surface area contributed by atoms with Gasteiger partial charge in [0.1, 0.15) is 0 Å². The number of hydrogen-bond donors (Lipinski definition) is 1. The van der Waals surface area contributed by atoms with Gasteiger partial charge in [-0.1, -0.05) is 6.07 Å². The number of ether oxygens (including phenoxy) is 1. The van der Waals surface area contributed by atoms with Crippen molar-refractivity contribution in [1.82, 2.24) is 15.1 Å². The van der Waals surface area contributed by atoms with E-state index in [9.17, 15) is 4.79 Å². The summed E-state index contributed by atoms with van der Waals surface area (Å²) in [7, 11) is 0. The van der Waals surface area contributed by atoms with Gasteiger partial charge in [-0.3, -0.25) is 9.69 Å². The highest BCUT2D eigenvalue weighted by Gasteiger charge is 2.26. The summed E-state index contributed by atoms with van der Waals surface area (Å²) in [5, 5.41) is 3.46. The van der Waals surface area contributed by atoms with Crippen LogP contribution in [0.2, 0.25) is 0 Å². The highest BCUT2D eigenvalue weighted by Crippen LogP contribution is 2.18. The Hall–Kier alpha value is -1.43. The van der Waals surface area contributed by atoms with Gasteiger partial charge in [0.2, 0.25) is 0 Å². The molecule has 0 radical (unpaired) electrons. The lowest BCUT2D eigenvalue weighted by molar-refractivity contribution is 0.0343. The van der Waals surface area contributed by atoms with Gasteiger partial charge in [-0.15, -0.1) is 0 Å². The number of benzene rings is 1. The van der Waals surface area contributed by atoms with Gasteiger partial charge in [0.15, 0.2) is 0 Å². The molecule has 2 saturated heterocycles. The van der Waals surface area contributed by atoms with Crippen LogP contribution in [0.1, 0.15) is 40.7 Å². The number of rotatable bonds is 6. The topological polar surface area (TPSA) is 44.8 Å². The third-order valence-corrected chi connectivity index (χ3v) is 5.70. The van der Waals surface area contributed by atoms with Crippen molar-refractivity contribution >= 4 is 5.91 Å². The summed E-state index contributed by atoms with van der Waals surface area (Å²) in [6.07, 6.45) is 3.26. The molecule has 1 aromatic carbocycles. The summed E-state index contributed by atoms with van der Waals surface area (Å²) in [4.78, 5) is 17.8. The molecule has 1 N–H and O–H groups in total. The summed E-state index contributed by atoms with van der Waals surface area (Å²) in [6, 6.07) is 6.40. The number of amides is 1. The van der Waals surface area contributed by atoms with Crippen molar-refractivity contribution < 1.29 is 9.53 Å². The van der Waals surface area contributed by atoms with Gasteiger partial charge >= 0.3 is 0 Å². The van der Waals surface area contributed by atoms with Crippen LogP contribution in [0, 0.1) is 13.8 Å². The minimum Gasteiger partial charge on any atom is -0.379 e. The highest BCUT2D eigenvalue weighted by molar-refractivity contribution is 5.94. The zero-order chi connectivity index (χ0) is 18.4. The molecular weight excluding hydrogens is 326 g/mol.